The van der Waals surface area contributed by atoms with Gasteiger partial charge in [0.25, 0.3) is 0 Å². The summed E-state index contributed by atoms with van der Waals surface area (Å²) in [6.45, 7) is 8.67. The predicted molar refractivity (Wildman–Crippen MR) is 118 cm³/mol. The number of methoxy groups -OCH3 is 1. The van der Waals surface area contributed by atoms with Gasteiger partial charge in [0, 0.05) is 63.1 Å². The second-order valence-corrected chi connectivity index (χ2v) is 10.2. The summed E-state index contributed by atoms with van der Waals surface area (Å²) in [5.41, 5.74) is 3.18. The minimum absolute atomic E-state index is 0.272. The molecule has 0 aliphatic carbocycles. The summed E-state index contributed by atoms with van der Waals surface area (Å²) >= 11 is 0. The first-order valence-corrected chi connectivity index (χ1v) is 12.4. The molecule has 8 fully saturated rings. The van der Waals surface area contributed by atoms with Crippen molar-refractivity contribution in [3.63, 3.8) is 0 Å². The van der Waals surface area contributed by atoms with Gasteiger partial charge in [0.2, 0.25) is 0 Å². The molecule has 8 aliphatic rings. The van der Waals surface area contributed by atoms with Gasteiger partial charge in [-0.3, -0.25) is 0 Å². The van der Waals surface area contributed by atoms with Gasteiger partial charge in [-0.2, -0.15) is 0 Å². The molecule has 0 amide bonds. The van der Waals surface area contributed by atoms with Gasteiger partial charge in [-0.1, -0.05) is 12.2 Å². The first-order chi connectivity index (χ1) is 14.8. The quantitative estimate of drug-likeness (QED) is 0.701. The number of fused-ring (bicyclic) bond motifs is 6. The molecule has 8 heterocycles. The van der Waals surface area contributed by atoms with E-state index in [9.17, 15) is 0 Å². The van der Waals surface area contributed by atoms with Crippen LogP contribution in [0.1, 0.15) is 44.9 Å². The average molecular weight is 417 g/mol. The van der Waals surface area contributed by atoms with Crippen LogP contribution in [0.4, 0.5) is 0 Å². The Morgan fingerprint density at radius 2 is 1.40 bits per heavy atom. The zero-order valence-corrected chi connectivity index (χ0v) is 18.8. The van der Waals surface area contributed by atoms with E-state index in [2.05, 4.69) is 22.0 Å². The first-order valence-electron chi connectivity index (χ1n) is 12.4. The molecule has 5 heteroatoms. The molecule has 0 N–H and O–H groups in total. The Morgan fingerprint density at radius 1 is 0.767 bits per heavy atom. The normalized spacial score (nSPS) is 36.8. The number of hydrogen-bond donors (Lipinski definition) is 0. The van der Waals surface area contributed by atoms with Crippen molar-refractivity contribution in [3.8, 4) is 0 Å². The van der Waals surface area contributed by atoms with E-state index in [1.807, 2.05) is 0 Å². The highest BCUT2D eigenvalue weighted by molar-refractivity contribution is 5.12. The molecular formula is C25H40N2O3. The molecule has 8 saturated heterocycles. The van der Waals surface area contributed by atoms with Gasteiger partial charge in [-0.05, 0) is 56.8 Å². The second kappa shape index (κ2) is 9.62. The van der Waals surface area contributed by atoms with Gasteiger partial charge in [0.1, 0.15) is 0 Å². The third-order valence-electron chi connectivity index (χ3n) is 8.21. The molecule has 0 aromatic rings. The molecule has 4 bridgehead atoms. The highest BCUT2D eigenvalue weighted by Gasteiger charge is 2.32. The SMILES string of the molecule is C(=C1CC2CCN1CC2)C1CCOC1.COC1COCC1C=C1CC2CCN1CC2. The topological polar surface area (TPSA) is 34.2 Å². The lowest BCUT2D eigenvalue weighted by atomic mass is 9.85. The van der Waals surface area contributed by atoms with Crippen molar-refractivity contribution in [2.75, 3.05) is 59.7 Å². The monoisotopic (exact) mass is 416 g/mol. The molecule has 3 atom stereocenters. The first kappa shape index (κ1) is 20.8. The Balaban J connectivity index is 0.000000130. The zero-order chi connectivity index (χ0) is 20.3. The Bertz CT molecular complexity index is 626. The summed E-state index contributed by atoms with van der Waals surface area (Å²) in [6.07, 6.45) is 14.7. The largest absolute Gasteiger partial charge is 0.381 e. The standard InChI is InChI=1S/C13H21NO2.C12H19NO/c1-15-13-9-16-8-11(13)7-12-6-10-2-4-14(12)5-3-10;1-4-13-5-2-10(1)7-12(13)8-11-3-6-14-9-11/h7,10-11,13H,2-6,8-9H2,1H3;8,10-11H,1-7,9H2. The summed E-state index contributed by atoms with van der Waals surface area (Å²) in [6, 6.07) is 0. The molecule has 5 nitrogen and oxygen atoms in total. The minimum atomic E-state index is 0.272. The molecule has 0 aromatic carbocycles. The Hall–Kier alpha value is -1.04. The number of ether oxygens (including phenoxy) is 3. The molecule has 0 spiro atoms. The van der Waals surface area contributed by atoms with Crippen molar-refractivity contribution < 1.29 is 14.2 Å². The molecular weight excluding hydrogens is 376 g/mol. The van der Waals surface area contributed by atoms with Gasteiger partial charge in [0.15, 0.2) is 0 Å². The van der Waals surface area contributed by atoms with Crippen molar-refractivity contribution in [2.24, 2.45) is 23.7 Å². The van der Waals surface area contributed by atoms with Crippen LogP contribution in [0.5, 0.6) is 0 Å². The van der Waals surface area contributed by atoms with Gasteiger partial charge in [-0.25, -0.2) is 0 Å². The molecule has 3 unspecified atom stereocenters. The molecule has 168 valence electrons. The summed E-state index contributed by atoms with van der Waals surface area (Å²) in [5, 5.41) is 0. The van der Waals surface area contributed by atoms with Crippen LogP contribution in [0.3, 0.4) is 0 Å². The average Bonchev–Trinajstić information content (AvgIpc) is 3.48. The molecule has 0 radical (unpaired) electrons. The van der Waals surface area contributed by atoms with E-state index < -0.39 is 0 Å². The van der Waals surface area contributed by atoms with E-state index in [1.54, 1.807) is 18.5 Å². The van der Waals surface area contributed by atoms with Crippen LogP contribution in [-0.2, 0) is 14.2 Å². The van der Waals surface area contributed by atoms with E-state index in [0.29, 0.717) is 11.8 Å². The lowest BCUT2D eigenvalue weighted by Crippen LogP contribution is -2.40. The Labute approximate surface area is 182 Å². The number of nitrogens with zero attached hydrogens (tertiary/aromatic N) is 2. The van der Waals surface area contributed by atoms with Crippen LogP contribution in [0, 0.1) is 23.7 Å². The fraction of sp³-hybridized carbons (Fsp3) is 0.840. The van der Waals surface area contributed by atoms with Crippen LogP contribution < -0.4 is 0 Å². The maximum atomic E-state index is 5.49. The molecule has 8 rings (SSSR count). The Kier molecular flexibility index (Phi) is 6.68. The fourth-order valence-electron chi connectivity index (χ4n) is 6.20. The summed E-state index contributed by atoms with van der Waals surface area (Å²) in [7, 11) is 1.79. The Morgan fingerprint density at radius 3 is 1.90 bits per heavy atom. The molecule has 0 saturated carbocycles. The predicted octanol–water partition coefficient (Wildman–Crippen LogP) is 3.67. The maximum Gasteiger partial charge on any atom is 0.0889 e. The van der Waals surface area contributed by atoms with Gasteiger partial charge >= 0.3 is 0 Å². The number of hydrogen-bond acceptors (Lipinski definition) is 5. The van der Waals surface area contributed by atoms with Crippen molar-refractivity contribution >= 4 is 0 Å². The smallest absolute Gasteiger partial charge is 0.0889 e. The van der Waals surface area contributed by atoms with Crippen molar-refractivity contribution in [1.82, 2.24) is 9.80 Å². The van der Waals surface area contributed by atoms with E-state index in [-0.39, 0.29) is 6.10 Å². The fourth-order valence-corrected chi connectivity index (χ4v) is 6.20. The number of allylic oxidation sites excluding steroid dienone is 2. The van der Waals surface area contributed by atoms with Crippen LogP contribution in [-0.4, -0.2) is 75.6 Å². The minimum Gasteiger partial charge on any atom is -0.381 e. The van der Waals surface area contributed by atoms with Gasteiger partial charge in [-0.15, -0.1) is 0 Å². The third kappa shape index (κ3) is 4.73. The highest BCUT2D eigenvalue weighted by Crippen LogP contribution is 2.36. The van der Waals surface area contributed by atoms with Crippen molar-refractivity contribution in [1.29, 1.82) is 0 Å². The molecule has 0 aromatic heterocycles. The van der Waals surface area contributed by atoms with E-state index in [4.69, 9.17) is 14.2 Å². The summed E-state index contributed by atoms with van der Waals surface area (Å²) in [4.78, 5) is 5.16. The van der Waals surface area contributed by atoms with E-state index in [0.717, 1.165) is 38.3 Å². The highest BCUT2D eigenvalue weighted by atomic mass is 16.5. The second-order valence-electron chi connectivity index (χ2n) is 10.2. The summed E-state index contributed by atoms with van der Waals surface area (Å²) in [5.74, 6) is 3.12. The lowest BCUT2D eigenvalue weighted by Gasteiger charge is -2.43. The number of piperidine rings is 6. The maximum absolute atomic E-state index is 5.49. The zero-order valence-electron chi connectivity index (χ0n) is 18.8. The van der Waals surface area contributed by atoms with Crippen LogP contribution in [0.2, 0.25) is 0 Å². The molecule has 8 aliphatic heterocycles. The van der Waals surface area contributed by atoms with Gasteiger partial charge in [0.05, 0.1) is 25.9 Å². The van der Waals surface area contributed by atoms with Crippen LogP contribution in [0.15, 0.2) is 23.5 Å². The third-order valence-corrected chi connectivity index (χ3v) is 8.21. The van der Waals surface area contributed by atoms with Crippen LogP contribution in [0.25, 0.3) is 0 Å². The van der Waals surface area contributed by atoms with E-state index in [1.165, 1.54) is 71.1 Å². The van der Waals surface area contributed by atoms with Crippen molar-refractivity contribution in [2.45, 2.75) is 51.0 Å². The molecule has 30 heavy (non-hydrogen) atoms. The van der Waals surface area contributed by atoms with Gasteiger partial charge < -0.3 is 24.0 Å². The van der Waals surface area contributed by atoms with Crippen LogP contribution >= 0.6 is 0 Å². The van der Waals surface area contributed by atoms with E-state index >= 15 is 0 Å². The summed E-state index contributed by atoms with van der Waals surface area (Å²) < 4.78 is 16.4. The lowest BCUT2D eigenvalue weighted by molar-refractivity contribution is 0.0726. The number of rotatable bonds is 3. The van der Waals surface area contributed by atoms with Crippen molar-refractivity contribution in [3.05, 3.63) is 23.5 Å².